The van der Waals surface area contributed by atoms with Crippen LogP contribution in [0.3, 0.4) is 0 Å². The fraction of sp³-hybridized carbons (Fsp3) is 0.400. The van der Waals surface area contributed by atoms with E-state index in [1.165, 1.54) is 18.0 Å². The molecule has 0 saturated carbocycles. The topological polar surface area (TPSA) is 89.9 Å². The monoisotopic (exact) mass is 258 g/mol. The van der Waals surface area contributed by atoms with Crippen LogP contribution in [0.5, 0.6) is 0 Å². The zero-order valence-electron chi connectivity index (χ0n) is 9.51. The van der Waals surface area contributed by atoms with Gasteiger partial charge in [0, 0.05) is 13.6 Å². The predicted octanol–water partition coefficient (Wildman–Crippen LogP) is 1.29. The van der Waals surface area contributed by atoms with E-state index >= 15 is 0 Å². The van der Waals surface area contributed by atoms with Gasteiger partial charge in [0.25, 0.3) is 0 Å². The molecule has 3 N–H and O–H groups in total. The van der Waals surface area contributed by atoms with E-state index in [9.17, 15) is 9.59 Å². The first-order valence-corrected chi connectivity index (χ1v) is 5.80. The lowest BCUT2D eigenvalue weighted by atomic mass is 10.3. The Morgan fingerprint density at radius 1 is 1.59 bits per heavy atom. The van der Waals surface area contributed by atoms with E-state index in [1.54, 1.807) is 12.3 Å². The third-order valence-corrected chi connectivity index (χ3v) is 2.83. The number of amides is 2. The van der Waals surface area contributed by atoms with Gasteiger partial charge < -0.3 is 15.1 Å². The largest absolute Gasteiger partial charge is 0.478 e. The number of carboxylic acids is 1. The van der Waals surface area contributed by atoms with E-state index in [0.29, 0.717) is 5.00 Å². The van der Waals surface area contributed by atoms with E-state index in [0.717, 1.165) is 11.3 Å². The van der Waals surface area contributed by atoms with Crippen LogP contribution in [0, 0.1) is 0 Å². The Morgan fingerprint density at radius 3 is 2.76 bits per heavy atom. The summed E-state index contributed by atoms with van der Waals surface area (Å²) >= 11 is 1.14. The van der Waals surface area contributed by atoms with Crippen molar-refractivity contribution in [2.45, 2.75) is 13.0 Å². The summed E-state index contributed by atoms with van der Waals surface area (Å²) in [4.78, 5) is 23.7. The Bertz CT molecular complexity index is 416. The van der Waals surface area contributed by atoms with Crippen LogP contribution in [0.1, 0.15) is 17.3 Å². The maximum absolute atomic E-state index is 11.6. The third kappa shape index (κ3) is 3.72. The van der Waals surface area contributed by atoms with Crippen molar-refractivity contribution >= 4 is 28.3 Å². The first-order chi connectivity index (χ1) is 7.91. The van der Waals surface area contributed by atoms with Crippen LogP contribution >= 0.6 is 11.3 Å². The molecule has 0 aliphatic heterocycles. The summed E-state index contributed by atoms with van der Waals surface area (Å²) in [5.74, 6) is -1.08. The molecule has 0 radical (unpaired) electrons. The number of carboxylic acid groups (broad SMARTS) is 1. The Morgan fingerprint density at radius 2 is 2.24 bits per heavy atom. The van der Waals surface area contributed by atoms with Gasteiger partial charge in [0.15, 0.2) is 0 Å². The SMILES string of the molecule is CC(O)CN(C)C(=O)Nc1sccc1C(=O)O. The molecule has 0 fully saturated rings. The van der Waals surface area contributed by atoms with Crippen LogP contribution in [-0.2, 0) is 0 Å². The van der Waals surface area contributed by atoms with Gasteiger partial charge in [-0.05, 0) is 18.4 Å². The number of anilines is 1. The number of nitrogens with zero attached hydrogens (tertiary/aromatic N) is 1. The molecule has 17 heavy (non-hydrogen) atoms. The van der Waals surface area contributed by atoms with Crippen molar-refractivity contribution in [3.05, 3.63) is 17.0 Å². The second kappa shape index (κ2) is 5.65. The standard InChI is InChI=1S/C10H14N2O4S/c1-6(13)5-12(2)10(16)11-8-7(9(14)15)3-4-17-8/h3-4,6,13H,5H2,1-2H3,(H,11,16)(H,14,15). The number of aliphatic hydroxyl groups excluding tert-OH is 1. The normalized spacial score (nSPS) is 11.9. The van der Waals surface area contributed by atoms with E-state index in [-0.39, 0.29) is 12.1 Å². The molecule has 2 amide bonds. The lowest BCUT2D eigenvalue weighted by Gasteiger charge is -2.18. The number of rotatable bonds is 4. The van der Waals surface area contributed by atoms with Gasteiger partial charge in [-0.25, -0.2) is 9.59 Å². The molecular weight excluding hydrogens is 244 g/mol. The van der Waals surface area contributed by atoms with Crippen LogP contribution in [-0.4, -0.2) is 46.8 Å². The summed E-state index contributed by atoms with van der Waals surface area (Å²) < 4.78 is 0. The molecule has 1 atom stereocenters. The van der Waals surface area contributed by atoms with Gasteiger partial charge in [0.05, 0.1) is 11.7 Å². The maximum Gasteiger partial charge on any atom is 0.338 e. The molecule has 1 rings (SSSR count). The van der Waals surface area contributed by atoms with Crippen LogP contribution in [0.25, 0.3) is 0 Å². The average Bonchev–Trinajstić information content (AvgIpc) is 2.64. The van der Waals surface area contributed by atoms with Gasteiger partial charge in [-0.15, -0.1) is 11.3 Å². The number of nitrogens with one attached hydrogen (secondary N) is 1. The Hall–Kier alpha value is -1.60. The fourth-order valence-electron chi connectivity index (χ4n) is 1.25. The van der Waals surface area contributed by atoms with Crippen molar-refractivity contribution in [1.82, 2.24) is 4.90 Å². The minimum absolute atomic E-state index is 0.0637. The zero-order valence-corrected chi connectivity index (χ0v) is 10.3. The van der Waals surface area contributed by atoms with Crippen molar-refractivity contribution in [2.75, 3.05) is 18.9 Å². The number of aliphatic hydroxyl groups is 1. The number of carbonyl (C=O) groups excluding carboxylic acids is 1. The lowest BCUT2D eigenvalue weighted by molar-refractivity contribution is 0.0698. The molecule has 94 valence electrons. The number of likely N-dealkylation sites (N-methyl/N-ethyl adjacent to an activating group) is 1. The molecule has 0 aromatic carbocycles. The van der Waals surface area contributed by atoms with Crippen molar-refractivity contribution in [3.63, 3.8) is 0 Å². The lowest BCUT2D eigenvalue weighted by Crippen LogP contribution is -2.36. The highest BCUT2D eigenvalue weighted by atomic mass is 32.1. The van der Waals surface area contributed by atoms with Crippen molar-refractivity contribution in [1.29, 1.82) is 0 Å². The van der Waals surface area contributed by atoms with Crippen molar-refractivity contribution in [2.24, 2.45) is 0 Å². The molecule has 6 nitrogen and oxygen atoms in total. The van der Waals surface area contributed by atoms with Gasteiger partial charge in [-0.2, -0.15) is 0 Å². The van der Waals surface area contributed by atoms with Gasteiger partial charge in [-0.3, -0.25) is 5.32 Å². The zero-order chi connectivity index (χ0) is 13.0. The van der Waals surface area contributed by atoms with E-state index < -0.39 is 18.1 Å². The van der Waals surface area contributed by atoms with Gasteiger partial charge in [0.1, 0.15) is 5.00 Å². The molecule has 1 aromatic heterocycles. The second-order valence-corrected chi connectivity index (χ2v) is 4.54. The van der Waals surface area contributed by atoms with Crippen molar-refractivity contribution < 1.29 is 19.8 Å². The summed E-state index contributed by atoms with van der Waals surface area (Å²) in [6.45, 7) is 1.75. The third-order valence-electron chi connectivity index (χ3n) is 2.00. The summed E-state index contributed by atoms with van der Waals surface area (Å²) in [7, 11) is 1.52. The number of urea groups is 1. The Kier molecular flexibility index (Phi) is 4.47. The Balaban J connectivity index is 2.68. The van der Waals surface area contributed by atoms with Gasteiger partial charge in [-0.1, -0.05) is 0 Å². The Labute approximate surface area is 102 Å². The number of thiophene rings is 1. The second-order valence-electron chi connectivity index (χ2n) is 3.63. The average molecular weight is 258 g/mol. The highest BCUT2D eigenvalue weighted by molar-refractivity contribution is 7.14. The van der Waals surface area contributed by atoms with E-state index in [4.69, 9.17) is 10.2 Å². The molecule has 1 heterocycles. The van der Waals surface area contributed by atoms with Crippen molar-refractivity contribution in [3.8, 4) is 0 Å². The smallest absolute Gasteiger partial charge is 0.338 e. The molecule has 0 spiro atoms. The number of hydrogen-bond donors (Lipinski definition) is 3. The summed E-state index contributed by atoms with van der Waals surface area (Å²) in [5, 5.41) is 22.4. The van der Waals surface area contributed by atoms with E-state index in [2.05, 4.69) is 5.32 Å². The molecule has 1 aromatic rings. The van der Waals surface area contributed by atoms with Crippen LogP contribution in [0.2, 0.25) is 0 Å². The molecule has 0 saturated heterocycles. The van der Waals surface area contributed by atoms with Crippen LogP contribution in [0.4, 0.5) is 9.80 Å². The van der Waals surface area contributed by atoms with Gasteiger partial charge in [0.2, 0.25) is 0 Å². The minimum atomic E-state index is -1.08. The van der Waals surface area contributed by atoms with Crippen LogP contribution < -0.4 is 5.32 Å². The molecule has 0 aliphatic rings. The number of carbonyl (C=O) groups is 2. The quantitative estimate of drug-likeness (QED) is 0.759. The first kappa shape index (κ1) is 13.5. The highest BCUT2D eigenvalue weighted by Gasteiger charge is 2.16. The highest BCUT2D eigenvalue weighted by Crippen LogP contribution is 2.23. The molecule has 0 aliphatic carbocycles. The molecule has 1 unspecified atom stereocenters. The first-order valence-electron chi connectivity index (χ1n) is 4.92. The molecule has 7 heteroatoms. The summed E-state index contributed by atoms with van der Waals surface area (Å²) in [5.41, 5.74) is 0.0637. The number of hydrogen-bond acceptors (Lipinski definition) is 4. The van der Waals surface area contributed by atoms with Crippen LogP contribution in [0.15, 0.2) is 11.4 Å². The summed E-state index contributed by atoms with van der Waals surface area (Å²) in [6, 6.07) is 0.980. The maximum atomic E-state index is 11.6. The summed E-state index contributed by atoms with van der Waals surface area (Å²) in [6.07, 6.45) is -0.631. The van der Waals surface area contributed by atoms with Gasteiger partial charge >= 0.3 is 12.0 Å². The fourth-order valence-corrected chi connectivity index (χ4v) is 2.02. The number of aromatic carboxylic acids is 1. The predicted molar refractivity (Wildman–Crippen MR) is 64.6 cm³/mol. The molecule has 0 bridgehead atoms. The minimum Gasteiger partial charge on any atom is -0.478 e. The van der Waals surface area contributed by atoms with E-state index in [1.807, 2.05) is 0 Å². The molecular formula is C10H14N2O4S.